The van der Waals surface area contributed by atoms with Crippen molar-refractivity contribution < 1.29 is 24.0 Å². The van der Waals surface area contributed by atoms with E-state index >= 15 is 0 Å². The van der Waals surface area contributed by atoms with Crippen molar-refractivity contribution in [3.8, 4) is 11.5 Å². The molecule has 2 aromatic carbocycles. The summed E-state index contributed by atoms with van der Waals surface area (Å²) >= 11 is 0. The molecule has 0 bridgehead atoms. The molecule has 2 amide bonds. The fourth-order valence-corrected chi connectivity index (χ4v) is 2.29. The van der Waals surface area contributed by atoms with Crippen LogP contribution in [0, 0.1) is 16.0 Å². The van der Waals surface area contributed by atoms with E-state index in [1.54, 1.807) is 12.1 Å². The van der Waals surface area contributed by atoms with Crippen molar-refractivity contribution >= 4 is 17.5 Å². The Balaban J connectivity index is 2.02. The molecule has 9 nitrogen and oxygen atoms in total. The van der Waals surface area contributed by atoms with Crippen LogP contribution in [0.2, 0.25) is 0 Å². The normalized spacial score (nSPS) is 10.3. The van der Waals surface area contributed by atoms with E-state index in [0.717, 1.165) is 0 Å². The number of nitrogens with one attached hydrogen (secondary N) is 2. The van der Waals surface area contributed by atoms with Crippen LogP contribution < -0.4 is 20.3 Å². The lowest BCUT2D eigenvalue weighted by atomic mass is 10.2. The topological polar surface area (TPSA) is 120 Å². The zero-order valence-electron chi connectivity index (χ0n) is 16.4. The number of carbonyl (C=O) groups excluding carboxylic acids is 2. The van der Waals surface area contributed by atoms with E-state index in [-0.39, 0.29) is 16.8 Å². The Morgan fingerprint density at radius 2 is 1.55 bits per heavy atom. The van der Waals surface area contributed by atoms with Gasteiger partial charge >= 0.3 is 0 Å². The summed E-state index contributed by atoms with van der Waals surface area (Å²) < 4.78 is 11.2. The highest BCUT2D eigenvalue weighted by atomic mass is 16.6. The second-order valence-corrected chi connectivity index (χ2v) is 6.51. The average Bonchev–Trinajstić information content (AvgIpc) is 2.70. The van der Waals surface area contributed by atoms with E-state index in [0.29, 0.717) is 30.6 Å². The molecule has 0 unspecified atom stereocenters. The summed E-state index contributed by atoms with van der Waals surface area (Å²) in [7, 11) is 0. The van der Waals surface area contributed by atoms with E-state index < -0.39 is 16.7 Å². The lowest BCUT2D eigenvalue weighted by Crippen LogP contribution is -2.41. The highest BCUT2D eigenvalue weighted by Gasteiger charge is 2.14. The van der Waals surface area contributed by atoms with E-state index in [9.17, 15) is 19.7 Å². The number of nitro benzene ring substituents is 1. The van der Waals surface area contributed by atoms with Gasteiger partial charge in [-0.2, -0.15) is 0 Å². The molecule has 29 heavy (non-hydrogen) atoms. The molecule has 154 valence electrons. The van der Waals surface area contributed by atoms with Crippen LogP contribution in [-0.4, -0.2) is 30.0 Å². The molecule has 0 aliphatic carbocycles. The van der Waals surface area contributed by atoms with Gasteiger partial charge in [-0.1, -0.05) is 13.8 Å². The van der Waals surface area contributed by atoms with Crippen molar-refractivity contribution in [1.82, 2.24) is 10.9 Å². The quantitative estimate of drug-likeness (QED) is 0.518. The number of hydrogen-bond donors (Lipinski definition) is 2. The van der Waals surface area contributed by atoms with Crippen LogP contribution in [0.25, 0.3) is 0 Å². The summed E-state index contributed by atoms with van der Waals surface area (Å²) in [6, 6.07) is 9.75. The van der Waals surface area contributed by atoms with Crippen molar-refractivity contribution in [2.75, 3.05) is 13.2 Å². The number of hydrazine groups is 1. The third-order valence-corrected chi connectivity index (χ3v) is 3.71. The first-order chi connectivity index (χ1) is 13.8. The van der Waals surface area contributed by atoms with Gasteiger partial charge < -0.3 is 9.47 Å². The Bertz CT molecular complexity index is 880. The molecule has 0 saturated heterocycles. The molecule has 0 saturated carbocycles. The maximum atomic E-state index is 12.3. The van der Waals surface area contributed by atoms with Crippen molar-refractivity contribution in [1.29, 1.82) is 0 Å². The number of benzene rings is 2. The molecular formula is C20H23N3O6. The summed E-state index contributed by atoms with van der Waals surface area (Å²) in [6.07, 6.45) is 0. The molecule has 0 radical (unpaired) electrons. The molecule has 0 aromatic heterocycles. The zero-order chi connectivity index (χ0) is 21.4. The minimum Gasteiger partial charge on any atom is -0.490 e. The van der Waals surface area contributed by atoms with Crippen molar-refractivity contribution in [2.45, 2.75) is 20.8 Å². The van der Waals surface area contributed by atoms with E-state index in [1.165, 1.54) is 30.3 Å². The lowest BCUT2D eigenvalue weighted by molar-refractivity contribution is -0.384. The van der Waals surface area contributed by atoms with Gasteiger partial charge in [0.1, 0.15) is 0 Å². The fraction of sp³-hybridized carbons (Fsp3) is 0.300. The molecule has 0 heterocycles. The Hall–Kier alpha value is -3.62. The number of nitrogens with zero attached hydrogens (tertiary/aromatic N) is 1. The number of hydrogen-bond acceptors (Lipinski definition) is 6. The molecule has 2 N–H and O–H groups in total. The van der Waals surface area contributed by atoms with E-state index in [1.807, 2.05) is 20.8 Å². The number of amides is 2. The summed E-state index contributed by atoms with van der Waals surface area (Å²) in [5.74, 6) is 0.156. The van der Waals surface area contributed by atoms with Crippen LogP contribution in [0.1, 0.15) is 41.5 Å². The SMILES string of the molecule is CCOc1cc(C(=O)NNC(=O)c2ccc([N+](=O)[O-])cc2)ccc1OCC(C)C. The van der Waals surface area contributed by atoms with Gasteiger partial charge in [0.25, 0.3) is 17.5 Å². The number of nitro groups is 1. The number of rotatable bonds is 8. The van der Waals surface area contributed by atoms with Gasteiger partial charge in [-0.15, -0.1) is 0 Å². The second-order valence-electron chi connectivity index (χ2n) is 6.51. The molecule has 9 heteroatoms. The highest BCUT2D eigenvalue weighted by Crippen LogP contribution is 2.29. The van der Waals surface area contributed by atoms with E-state index in [2.05, 4.69) is 10.9 Å². The largest absolute Gasteiger partial charge is 0.490 e. The van der Waals surface area contributed by atoms with Crippen molar-refractivity contribution in [3.05, 3.63) is 63.7 Å². The molecule has 2 rings (SSSR count). The van der Waals surface area contributed by atoms with Gasteiger partial charge in [-0.25, -0.2) is 0 Å². The van der Waals surface area contributed by atoms with Gasteiger partial charge in [0.2, 0.25) is 0 Å². The monoisotopic (exact) mass is 401 g/mol. The molecule has 0 spiro atoms. The summed E-state index contributed by atoms with van der Waals surface area (Å²) in [4.78, 5) is 34.5. The Morgan fingerprint density at radius 1 is 0.966 bits per heavy atom. The van der Waals surface area contributed by atoms with E-state index in [4.69, 9.17) is 9.47 Å². The minimum atomic E-state index is -0.602. The smallest absolute Gasteiger partial charge is 0.269 e. The Morgan fingerprint density at radius 3 is 2.10 bits per heavy atom. The highest BCUT2D eigenvalue weighted by molar-refractivity contribution is 5.99. The Kier molecular flexibility index (Phi) is 7.53. The van der Waals surface area contributed by atoms with Gasteiger partial charge in [0, 0.05) is 23.3 Å². The van der Waals surface area contributed by atoms with Gasteiger partial charge in [0.15, 0.2) is 11.5 Å². The average molecular weight is 401 g/mol. The summed E-state index contributed by atoms with van der Waals surface area (Å²) in [5, 5.41) is 10.7. The van der Waals surface area contributed by atoms with Crippen LogP contribution in [-0.2, 0) is 0 Å². The number of non-ortho nitro benzene ring substituents is 1. The lowest BCUT2D eigenvalue weighted by Gasteiger charge is -2.14. The molecule has 0 aliphatic heterocycles. The third kappa shape index (κ3) is 6.20. The summed E-state index contributed by atoms with van der Waals surface area (Å²) in [5.41, 5.74) is 4.89. The third-order valence-electron chi connectivity index (χ3n) is 3.71. The summed E-state index contributed by atoms with van der Waals surface area (Å²) in [6.45, 7) is 6.78. The Labute approximate surface area is 168 Å². The standard InChI is InChI=1S/C20H23N3O6/c1-4-28-18-11-15(7-10-17(18)29-12-13(2)3)20(25)22-21-19(24)14-5-8-16(9-6-14)23(26)27/h5-11,13H,4,12H2,1-3H3,(H,21,24)(H,22,25). The molecule has 0 atom stereocenters. The number of ether oxygens (including phenoxy) is 2. The van der Waals surface area contributed by atoms with Crippen LogP contribution >= 0.6 is 0 Å². The molecular weight excluding hydrogens is 378 g/mol. The predicted octanol–water partition coefficient (Wildman–Crippen LogP) is 3.10. The second kappa shape index (κ2) is 10.1. The maximum Gasteiger partial charge on any atom is 0.269 e. The van der Waals surface area contributed by atoms with Crippen molar-refractivity contribution in [2.24, 2.45) is 5.92 Å². The first kappa shape index (κ1) is 21.7. The van der Waals surface area contributed by atoms with Crippen LogP contribution in [0.3, 0.4) is 0 Å². The fourth-order valence-electron chi connectivity index (χ4n) is 2.29. The first-order valence-electron chi connectivity index (χ1n) is 9.06. The minimum absolute atomic E-state index is 0.131. The number of carbonyl (C=O) groups is 2. The molecule has 0 aliphatic rings. The van der Waals surface area contributed by atoms with Gasteiger partial charge in [-0.3, -0.25) is 30.6 Å². The van der Waals surface area contributed by atoms with Crippen LogP contribution in [0.5, 0.6) is 11.5 Å². The zero-order valence-corrected chi connectivity index (χ0v) is 16.4. The van der Waals surface area contributed by atoms with Gasteiger partial charge in [0.05, 0.1) is 18.1 Å². The molecule has 0 fully saturated rings. The van der Waals surface area contributed by atoms with Crippen molar-refractivity contribution in [3.63, 3.8) is 0 Å². The molecule has 2 aromatic rings. The maximum absolute atomic E-state index is 12.3. The van der Waals surface area contributed by atoms with Gasteiger partial charge in [-0.05, 0) is 43.2 Å². The predicted molar refractivity (Wildman–Crippen MR) is 106 cm³/mol. The van der Waals surface area contributed by atoms with Crippen LogP contribution in [0.4, 0.5) is 5.69 Å². The first-order valence-corrected chi connectivity index (χ1v) is 9.06. The van der Waals surface area contributed by atoms with Crippen LogP contribution in [0.15, 0.2) is 42.5 Å².